The van der Waals surface area contributed by atoms with Gasteiger partial charge in [-0.2, -0.15) is 0 Å². The van der Waals surface area contributed by atoms with Crippen LogP contribution in [0, 0.1) is 0 Å². The molecule has 0 aliphatic rings. The van der Waals surface area contributed by atoms with E-state index in [0.29, 0.717) is 11.5 Å². The van der Waals surface area contributed by atoms with Crippen LogP contribution in [0.25, 0.3) is 0 Å². The summed E-state index contributed by atoms with van der Waals surface area (Å²) < 4.78 is 10.6. The van der Waals surface area contributed by atoms with Crippen LogP contribution in [0.4, 0.5) is 0 Å². The van der Waals surface area contributed by atoms with Crippen LogP contribution < -0.4 is 14.6 Å². The number of rotatable bonds is 4. The quantitative estimate of drug-likeness (QED) is 0.822. The fourth-order valence-corrected chi connectivity index (χ4v) is 1.52. The third-order valence-corrected chi connectivity index (χ3v) is 2.38. The summed E-state index contributed by atoms with van der Waals surface area (Å²) in [4.78, 5) is 10.9. The minimum Gasteiger partial charge on any atom is -0.545 e. The molecule has 18 heavy (non-hydrogen) atoms. The zero-order valence-electron chi connectivity index (χ0n) is 9.75. The minimum absolute atomic E-state index is 0.0142. The second-order valence-electron chi connectivity index (χ2n) is 3.56. The van der Waals surface area contributed by atoms with Crippen molar-refractivity contribution in [2.75, 3.05) is 7.11 Å². The van der Waals surface area contributed by atoms with E-state index in [9.17, 15) is 9.90 Å². The first-order valence-corrected chi connectivity index (χ1v) is 5.33. The highest BCUT2D eigenvalue weighted by Crippen LogP contribution is 2.27. The molecule has 0 heterocycles. The number of carbonyl (C=O) groups excluding carboxylic acids is 1. The molecular formula is C14H11O4-. The minimum atomic E-state index is -1.27. The first-order valence-electron chi connectivity index (χ1n) is 5.33. The molecule has 0 saturated heterocycles. The van der Waals surface area contributed by atoms with E-state index in [4.69, 9.17) is 9.47 Å². The lowest BCUT2D eigenvalue weighted by molar-refractivity contribution is -0.255. The topological polar surface area (TPSA) is 58.6 Å². The summed E-state index contributed by atoms with van der Waals surface area (Å²) in [6, 6.07) is 13.2. The highest BCUT2D eigenvalue weighted by molar-refractivity contribution is 5.89. The molecule has 0 unspecified atom stereocenters. The van der Waals surface area contributed by atoms with E-state index in [1.807, 2.05) is 0 Å². The number of methoxy groups -OCH3 is 1. The number of hydrogen-bond donors (Lipinski definition) is 0. The van der Waals surface area contributed by atoms with Gasteiger partial charge in [0.05, 0.1) is 13.1 Å². The van der Waals surface area contributed by atoms with Gasteiger partial charge in [0.2, 0.25) is 0 Å². The Balaban J connectivity index is 2.31. The van der Waals surface area contributed by atoms with Gasteiger partial charge in [-0.3, -0.25) is 0 Å². The Morgan fingerprint density at radius 3 is 2.50 bits per heavy atom. The summed E-state index contributed by atoms with van der Waals surface area (Å²) in [5, 5.41) is 10.9. The Morgan fingerprint density at radius 1 is 1.06 bits per heavy atom. The molecule has 0 atom stereocenters. The zero-order chi connectivity index (χ0) is 13.0. The molecular weight excluding hydrogens is 232 g/mol. The van der Waals surface area contributed by atoms with Gasteiger partial charge in [-0.25, -0.2) is 0 Å². The summed E-state index contributed by atoms with van der Waals surface area (Å²) in [5.41, 5.74) is 0.0142. The van der Waals surface area contributed by atoms with Gasteiger partial charge in [0.1, 0.15) is 17.2 Å². The normalized spacial score (nSPS) is 9.83. The van der Waals surface area contributed by atoms with Crippen molar-refractivity contribution in [1.29, 1.82) is 0 Å². The van der Waals surface area contributed by atoms with Crippen molar-refractivity contribution in [2.24, 2.45) is 0 Å². The van der Waals surface area contributed by atoms with E-state index in [2.05, 4.69) is 0 Å². The summed E-state index contributed by atoms with van der Waals surface area (Å²) in [7, 11) is 1.55. The maximum Gasteiger partial charge on any atom is 0.136 e. The first kappa shape index (κ1) is 12.0. The van der Waals surface area contributed by atoms with Crippen LogP contribution >= 0.6 is 0 Å². The number of carbonyl (C=O) groups is 1. The molecule has 0 saturated carbocycles. The number of aromatic carboxylic acids is 1. The Bertz CT molecular complexity index is 563. The smallest absolute Gasteiger partial charge is 0.136 e. The van der Waals surface area contributed by atoms with E-state index in [0.717, 1.165) is 0 Å². The molecule has 0 aliphatic heterocycles. The molecule has 92 valence electrons. The molecule has 4 heteroatoms. The molecule has 2 aromatic rings. The van der Waals surface area contributed by atoms with Gasteiger partial charge < -0.3 is 19.4 Å². The SMILES string of the molecule is COc1cccc(Oc2ccccc2C(=O)[O-])c1. The number of hydrogen-bond acceptors (Lipinski definition) is 4. The Kier molecular flexibility index (Phi) is 3.48. The lowest BCUT2D eigenvalue weighted by atomic mass is 10.2. The molecule has 0 N–H and O–H groups in total. The van der Waals surface area contributed by atoms with Gasteiger partial charge >= 0.3 is 0 Å². The number of para-hydroxylation sites is 1. The Hall–Kier alpha value is -2.49. The predicted molar refractivity (Wildman–Crippen MR) is 63.8 cm³/mol. The molecule has 2 aromatic carbocycles. The maximum atomic E-state index is 10.9. The number of benzene rings is 2. The van der Waals surface area contributed by atoms with Crippen molar-refractivity contribution in [1.82, 2.24) is 0 Å². The van der Waals surface area contributed by atoms with Gasteiger partial charge in [-0.15, -0.1) is 0 Å². The third kappa shape index (κ3) is 2.60. The molecule has 0 aromatic heterocycles. The van der Waals surface area contributed by atoms with Crippen LogP contribution in [0.2, 0.25) is 0 Å². The summed E-state index contributed by atoms with van der Waals surface area (Å²) in [5.74, 6) is 0.112. The number of ether oxygens (including phenoxy) is 2. The number of carboxylic acids is 1. The van der Waals surface area contributed by atoms with Gasteiger partial charge in [-0.1, -0.05) is 18.2 Å². The van der Waals surface area contributed by atoms with Crippen LogP contribution in [0.15, 0.2) is 48.5 Å². The molecule has 2 rings (SSSR count). The largest absolute Gasteiger partial charge is 0.545 e. The third-order valence-electron chi connectivity index (χ3n) is 2.38. The monoisotopic (exact) mass is 243 g/mol. The van der Waals surface area contributed by atoms with Crippen molar-refractivity contribution in [2.45, 2.75) is 0 Å². The second-order valence-corrected chi connectivity index (χ2v) is 3.56. The van der Waals surface area contributed by atoms with Gasteiger partial charge in [-0.05, 0) is 24.3 Å². The van der Waals surface area contributed by atoms with E-state index >= 15 is 0 Å². The summed E-state index contributed by atoms with van der Waals surface area (Å²) in [6.07, 6.45) is 0. The van der Waals surface area contributed by atoms with Crippen molar-refractivity contribution in [3.05, 3.63) is 54.1 Å². The lowest BCUT2D eigenvalue weighted by Crippen LogP contribution is -2.22. The number of carboxylic acid groups (broad SMARTS) is 1. The highest BCUT2D eigenvalue weighted by atomic mass is 16.5. The fraction of sp³-hybridized carbons (Fsp3) is 0.0714. The molecule has 0 aliphatic carbocycles. The van der Waals surface area contributed by atoms with Crippen LogP contribution in [-0.4, -0.2) is 13.1 Å². The maximum absolute atomic E-state index is 10.9. The average Bonchev–Trinajstić information content (AvgIpc) is 2.39. The summed E-state index contributed by atoms with van der Waals surface area (Å²) in [6.45, 7) is 0. The molecule has 0 amide bonds. The van der Waals surface area contributed by atoms with Crippen molar-refractivity contribution >= 4 is 5.97 Å². The second kappa shape index (κ2) is 5.23. The van der Waals surface area contributed by atoms with Crippen LogP contribution in [0.3, 0.4) is 0 Å². The fourth-order valence-electron chi connectivity index (χ4n) is 1.52. The summed E-state index contributed by atoms with van der Waals surface area (Å²) >= 11 is 0. The van der Waals surface area contributed by atoms with Gasteiger partial charge in [0.15, 0.2) is 0 Å². The van der Waals surface area contributed by atoms with Crippen LogP contribution in [0.5, 0.6) is 17.2 Å². The van der Waals surface area contributed by atoms with Crippen LogP contribution in [0.1, 0.15) is 10.4 Å². The molecule has 4 nitrogen and oxygen atoms in total. The van der Waals surface area contributed by atoms with E-state index in [-0.39, 0.29) is 11.3 Å². The zero-order valence-corrected chi connectivity index (χ0v) is 9.75. The van der Waals surface area contributed by atoms with Gasteiger partial charge in [0.25, 0.3) is 0 Å². The van der Waals surface area contributed by atoms with Crippen molar-refractivity contribution < 1.29 is 19.4 Å². The predicted octanol–water partition coefficient (Wildman–Crippen LogP) is 1.85. The molecule has 0 bridgehead atoms. The highest BCUT2D eigenvalue weighted by Gasteiger charge is 2.05. The van der Waals surface area contributed by atoms with E-state index < -0.39 is 5.97 Å². The van der Waals surface area contributed by atoms with Crippen molar-refractivity contribution in [3.8, 4) is 17.2 Å². The Morgan fingerprint density at radius 2 is 1.78 bits per heavy atom. The molecule has 0 radical (unpaired) electrons. The van der Waals surface area contributed by atoms with Gasteiger partial charge in [0, 0.05) is 11.6 Å². The molecule has 0 fully saturated rings. The standard InChI is InChI=1S/C14H12O4/c1-17-10-5-4-6-11(9-10)18-13-8-3-2-7-12(13)14(15)16/h2-9H,1H3,(H,15,16)/p-1. The lowest BCUT2D eigenvalue weighted by Gasteiger charge is -2.12. The Labute approximate surface area is 104 Å². The first-order chi connectivity index (χ1) is 8.70. The van der Waals surface area contributed by atoms with Crippen LogP contribution in [-0.2, 0) is 0 Å². The average molecular weight is 243 g/mol. The molecule has 0 spiro atoms. The van der Waals surface area contributed by atoms with E-state index in [1.54, 1.807) is 49.6 Å². The van der Waals surface area contributed by atoms with Crippen molar-refractivity contribution in [3.63, 3.8) is 0 Å². The van der Waals surface area contributed by atoms with E-state index in [1.165, 1.54) is 6.07 Å².